The Kier molecular flexibility index (Phi) is 9.18. The molecular weight excluding hydrogens is 534 g/mol. The largest absolute Gasteiger partial charge is 0.465 e. The van der Waals surface area contributed by atoms with Crippen molar-refractivity contribution in [2.24, 2.45) is 0 Å². The van der Waals surface area contributed by atoms with Crippen LogP contribution in [0.1, 0.15) is 37.7 Å². The normalized spacial score (nSPS) is 13.8. The molecule has 0 bridgehead atoms. The van der Waals surface area contributed by atoms with E-state index in [1.165, 1.54) is 0 Å². The van der Waals surface area contributed by atoms with Gasteiger partial charge in [0.25, 0.3) is 23.7 Å². The van der Waals surface area contributed by atoms with E-state index in [1.54, 1.807) is 30.3 Å². The quantitative estimate of drug-likeness (QED) is 0.142. The lowest BCUT2D eigenvalue weighted by atomic mass is 9.97. The fourth-order valence-corrected chi connectivity index (χ4v) is 3.92. The van der Waals surface area contributed by atoms with Crippen LogP contribution < -0.4 is 0 Å². The smallest absolute Gasteiger partial charge is 0.327 e. The number of alkyl halides is 11. The lowest BCUT2D eigenvalue weighted by molar-refractivity contribution is -0.189. The second-order valence-corrected chi connectivity index (χ2v) is 9.08. The number of ether oxygens (including phenoxy) is 1. The van der Waals surface area contributed by atoms with Crippen LogP contribution in [0.25, 0.3) is 10.8 Å². The van der Waals surface area contributed by atoms with Crippen LogP contribution in [0.3, 0.4) is 0 Å². The number of rotatable bonds is 13. The van der Waals surface area contributed by atoms with E-state index in [2.05, 4.69) is 16.3 Å². The number of fused-ring (bicyclic) bond motifs is 1. The molecule has 0 unspecified atom stereocenters. The first kappa shape index (κ1) is 30.0. The van der Waals surface area contributed by atoms with Gasteiger partial charge in [0.05, 0.1) is 32.3 Å². The van der Waals surface area contributed by atoms with E-state index < -0.39 is 67.1 Å². The van der Waals surface area contributed by atoms with Crippen LogP contribution >= 0.6 is 11.6 Å². The Morgan fingerprint density at radius 2 is 1.19 bits per heavy atom. The summed E-state index contributed by atoms with van der Waals surface area (Å²) in [4.78, 5) is 11.7. The van der Waals surface area contributed by atoms with Crippen molar-refractivity contribution in [3.05, 3.63) is 48.0 Å². The summed E-state index contributed by atoms with van der Waals surface area (Å²) in [6.45, 7) is -0.363. The number of carbonyl (C=O) groups is 1. The molecule has 2 rings (SSSR count). The Morgan fingerprint density at radius 3 is 1.78 bits per heavy atom. The fourth-order valence-electron chi connectivity index (χ4n) is 3.73. The number of hydrogen-bond donors (Lipinski definition) is 0. The highest BCUT2D eigenvalue weighted by atomic mass is 35.5. The van der Waals surface area contributed by atoms with Crippen molar-refractivity contribution in [2.75, 3.05) is 6.61 Å². The minimum absolute atomic E-state index is 0.122. The highest BCUT2D eigenvalue weighted by Gasteiger charge is 2.55. The van der Waals surface area contributed by atoms with Gasteiger partial charge in [-0.05, 0) is 27.9 Å². The molecule has 0 aliphatic heterocycles. The number of hydrogen-bond acceptors (Lipinski definition) is 2. The minimum Gasteiger partial charge on any atom is -0.465 e. The van der Waals surface area contributed by atoms with Crippen LogP contribution in [0.2, 0.25) is 0 Å². The van der Waals surface area contributed by atoms with Gasteiger partial charge in [0, 0.05) is 6.42 Å². The third-order valence-corrected chi connectivity index (χ3v) is 5.06. The molecule has 36 heavy (non-hydrogen) atoms. The molecule has 0 aliphatic carbocycles. The van der Waals surface area contributed by atoms with Gasteiger partial charge in [-0.25, -0.2) is 35.1 Å². The summed E-state index contributed by atoms with van der Waals surface area (Å²) in [7, 11) is 0. The molecule has 0 heterocycles. The Hall–Kier alpha value is -2.24. The summed E-state index contributed by atoms with van der Waals surface area (Å²) in [5, 5.41) is -2.88. The number of halogens is 11. The predicted octanol–water partition coefficient (Wildman–Crippen LogP) is 8.25. The summed E-state index contributed by atoms with van der Waals surface area (Å²) >= 11 is 4.26. The maximum atomic E-state index is 14.0. The average Bonchev–Trinajstić information content (AvgIpc) is 2.62. The summed E-state index contributed by atoms with van der Waals surface area (Å²) in [6, 6.07) is 12.4. The molecule has 0 spiro atoms. The van der Waals surface area contributed by atoms with Crippen LogP contribution in [0.4, 0.5) is 43.9 Å². The van der Waals surface area contributed by atoms with Crippen LogP contribution in [0.15, 0.2) is 42.5 Å². The van der Waals surface area contributed by atoms with Crippen LogP contribution in [-0.2, 0) is 16.0 Å². The molecule has 0 aromatic heterocycles. The first-order valence-corrected chi connectivity index (χ1v) is 10.9. The Morgan fingerprint density at radius 1 is 0.694 bits per heavy atom. The third-order valence-electron chi connectivity index (χ3n) is 4.93. The highest BCUT2D eigenvalue weighted by molar-refractivity contribution is 6.21. The number of benzene rings is 2. The van der Waals surface area contributed by atoms with Gasteiger partial charge >= 0.3 is 11.4 Å². The summed E-state index contributed by atoms with van der Waals surface area (Å²) in [6.07, 6.45) is -12.4. The SMILES string of the molecule is O=C(CC(F)(F)CC(F)(F)CC(F)(F)CC(F)(F)CC(F)(F)Cl)OCCc1cccc2ccccc12. The van der Waals surface area contributed by atoms with Crippen molar-refractivity contribution < 1.29 is 53.4 Å². The van der Waals surface area contributed by atoms with E-state index in [4.69, 9.17) is 0 Å². The van der Waals surface area contributed by atoms with Gasteiger partial charge in [-0.15, -0.1) is 0 Å². The van der Waals surface area contributed by atoms with Gasteiger partial charge < -0.3 is 4.74 Å². The maximum Gasteiger partial charge on any atom is 0.327 e. The second-order valence-electron chi connectivity index (χ2n) is 8.53. The van der Waals surface area contributed by atoms with E-state index >= 15 is 0 Å². The molecule has 2 nitrogen and oxygen atoms in total. The zero-order chi connectivity index (χ0) is 27.4. The van der Waals surface area contributed by atoms with Crippen molar-refractivity contribution in [3.63, 3.8) is 0 Å². The average molecular weight is 555 g/mol. The number of esters is 1. The minimum atomic E-state index is -4.98. The molecule has 0 saturated heterocycles. The molecule has 0 fully saturated rings. The zero-order valence-corrected chi connectivity index (χ0v) is 19.2. The number of carbonyl (C=O) groups excluding carboxylic acids is 1. The summed E-state index contributed by atoms with van der Waals surface area (Å²) < 4.78 is 139. The van der Waals surface area contributed by atoms with Gasteiger partial charge in [-0.2, -0.15) is 8.78 Å². The molecule has 0 atom stereocenters. The van der Waals surface area contributed by atoms with E-state index in [-0.39, 0.29) is 13.0 Å². The first-order chi connectivity index (χ1) is 16.3. The van der Waals surface area contributed by atoms with E-state index in [9.17, 15) is 48.7 Å². The van der Waals surface area contributed by atoms with Crippen LogP contribution in [0, 0.1) is 0 Å². The Bertz CT molecular complexity index is 1030. The van der Waals surface area contributed by atoms with Crippen LogP contribution in [-0.4, -0.2) is 41.6 Å². The topological polar surface area (TPSA) is 26.3 Å². The standard InChI is InChI=1S/C23H21ClF10O2/c24-23(33,34)14-22(31,32)13-21(29,30)12-20(27,28)11-19(25,26)10-18(35)36-9-8-16-6-3-5-15-4-1-2-7-17(15)16/h1-7H,8-14H2. The lowest BCUT2D eigenvalue weighted by Crippen LogP contribution is -2.40. The second kappa shape index (κ2) is 11.0. The van der Waals surface area contributed by atoms with Gasteiger partial charge in [-0.3, -0.25) is 4.79 Å². The summed E-state index contributed by atoms with van der Waals surface area (Å²) in [5.74, 6) is -20.8. The molecule has 0 N–H and O–H groups in total. The molecule has 202 valence electrons. The third kappa shape index (κ3) is 10.4. The van der Waals surface area contributed by atoms with Gasteiger partial charge in [0.2, 0.25) is 0 Å². The van der Waals surface area contributed by atoms with E-state index in [0.717, 1.165) is 16.3 Å². The van der Waals surface area contributed by atoms with Gasteiger partial charge in [-0.1, -0.05) is 42.5 Å². The Balaban J connectivity index is 1.89. The Labute approximate surface area is 204 Å². The fraction of sp³-hybridized carbons (Fsp3) is 0.522. The van der Waals surface area contributed by atoms with Gasteiger partial charge in [0.15, 0.2) is 0 Å². The van der Waals surface area contributed by atoms with Crippen molar-refractivity contribution in [1.82, 2.24) is 0 Å². The summed E-state index contributed by atoms with van der Waals surface area (Å²) in [5.41, 5.74) is 0.727. The van der Waals surface area contributed by atoms with Crippen LogP contribution in [0.5, 0.6) is 0 Å². The molecule has 0 saturated carbocycles. The first-order valence-electron chi connectivity index (χ1n) is 10.5. The van der Waals surface area contributed by atoms with Gasteiger partial charge in [0.1, 0.15) is 6.42 Å². The molecule has 0 radical (unpaired) electrons. The molecular formula is C23H21ClF10O2. The predicted molar refractivity (Wildman–Crippen MR) is 112 cm³/mol. The molecule has 0 amide bonds. The molecule has 0 aliphatic rings. The van der Waals surface area contributed by atoms with E-state index in [1.807, 2.05) is 12.1 Å². The van der Waals surface area contributed by atoms with Crippen molar-refractivity contribution in [3.8, 4) is 0 Å². The van der Waals surface area contributed by atoms with E-state index in [0.29, 0.717) is 0 Å². The van der Waals surface area contributed by atoms with Crippen molar-refractivity contribution >= 4 is 28.3 Å². The molecule has 2 aromatic rings. The monoisotopic (exact) mass is 554 g/mol. The maximum absolute atomic E-state index is 14.0. The zero-order valence-electron chi connectivity index (χ0n) is 18.5. The molecule has 13 heteroatoms. The molecule has 2 aromatic carbocycles. The highest BCUT2D eigenvalue weighted by Crippen LogP contribution is 2.45. The van der Waals surface area contributed by atoms with Crippen molar-refractivity contribution in [1.29, 1.82) is 0 Å². The lowest BCUT2D eigenvalue weighted by Gasteiger charge is -2.29. The van der Waals surface area contributed by atoms with Crippen molar-refractivity contribution in [2.45, 2.75) is 67.6 Å².